The molecule has 6 N–H and O–H groups in total. The van der Waals surface area contributed by atoms with Gasteiger partial charge in [-0.3, -0.25) is 0 Å². The monoisotopic (exact) mass is 231 g/mol. The normalized spacial score (nSPS) is 14.6. The smallest absolute Gasteiger partial charge is 0.330 e. The summed E-state index contributed by atoms with van der Waals surface area (Å²) in [5.41, 5.74) is 16.3. The molecule has 0 spiro atoms. The van der Waals surface area contributed by atoms with Gasteiger partial charge in [0.15, 0.2) is 0 Å². The van der Waals surface area contributed by atoms with Crippen molar-refractivity contribution in [3.05, 3.63) is 0 Å². The van der Waals surface area contributed by atoms with Crippen molar-refractivity contribution >= 4 is 11.9 Å². The summed E-state index contributed by atoms with van der Waals surface area (Å²) in [5.74, 6) is -1.56. The molecule has 0 amide bonds. The molecule has 2 atom stereocenters. The minimum Gasteiger partial charge on any atom is -0.391 e. The third-order valence-electron chi connectivity index (χ3n) is 2.21. The Hall–Kier alpha value is -0.980. The molecule has 6 nitrogen and oxygen atoms in total. The van der Waals surface area contributed by atoms with Gasteiger partial charge in [-0.05, 0) is 25.3 Å². The van der Waals surface area contributed by atoms with Gasteiger partial charge in [-0.1, -0.05) is 13.8 Å². The molecule has 0 bridgehead atoms. The van der Waals surface area contributed by atoms with Gasteiger partial charge in [-0.2, -0.15) is 0 Å². The maximum absolute atomic E-state index is 11.3. The van der Waals surface area contributed by atoms with Crippen LogP contribution >= 0.6 is 0 Å². The number of hydrogen-bond donors (Lipinski definition) is 3. The number of rotatable bonds is 6. The van der Waals surface area contributed by atoms with Crippen molar-refractivity contribution in [3.63, 3.8) is 0 Å². The number of esters is 2. The minimum atomic E-state index is -0.813. The Bertz CT molecular complexity index is 243. The highest BCUT2D eigenvalue weighted by atomic mass is 16.6. The first-order chi connectivity index (χ1) is 7.40. The van der Waals surface area contributed by atoms with Crippen LogP contribution in [-0.4, -0.2) is 30.6 Å². The number of ether oxygens (including phenoxy) is 1. The molecule has 0 aliphatic carbocycles. The molecule has 0 radical (unpaired) electrons. The highest BCUT2D eigenvalue weighted by molar-refractivity contribution is 5.90. The van der Waals surface area contributed by atoms with E-state index in [-0.39, 0.29) is 5.92 Å². The first-order valence-corrected chi connectivity index (χ1v) is 5.37. The summed E-state index contributed by atoms with van der Waals surface area (Å²) in [4.78, 5) is 22.6. The van der Waals surface area contributed by atoms with Crippen LogP contribution < -0.4 is 17.2 Å². The van der Waals surface area contributed by atoms with Gasteiger partial charge in [0.1, 0.15) is 12.1 Å². The van der Waals surface area contributed by atoms with Crippen molar-refractivity contribution in [3.8, 4) is 0 Å². The molecule has 0 rings (SSSR count). The van der Waals surface area contributed by atoms with Gasteiger partial charge in [0.25, 0.3) is 0 Å². The Morgan fingerprint density at radius 3 is 2.19 bits per heavy atom. The Kier molecular flexibility index (Phi) is 6.87. The van der Waals surface area contributed by atoms with E-state index >= 15 is 0 Å². The molecule has 0 saturated carbocycles. The summed E-state index contributed by atoms with van der Waals surface area (Å²) in [6, 6.07) is -1.61. The van der Waals surface area contributed by atoms with E-state index in [1.807, 2.05) is 0 Å². The van der Waals surface area contributed by atoms with Gasteiger partial charge < -0.3 is 21.9 Å². The molecular formula is C10H21N3O3. The summed E-state index contributed by atoms with van der Waals surface area (Å²) < 4.78 is 4.56. The lowest BCUT2D eigenvalue weighted by atomic mass is 10.1. The van der Waals surface area contributed by atoms with Crippen LogP contribution in [0.1, 0.15) is 26.7 Å². The Balaban J connectivity index is 4.08. The second-order valence-corrected chi connectivity index (χ2v) is 4.05. The zero-order chi connectivity index (χ0) is 12.7. The third kappa shape index (κ3) is 5.20. The lowest BCUT2D eigenvalue weighted by Crippen LogP contribution is -2.42. The van der Waals surface area contributed by atoms with E-state index in [1.165, 1.54) is 0 Å². The first-order valence-electron chi connectivity index (χ1n) is 5.37. The average molecular weight is 231 g/mol. The fraction of sp³-hybridized carbons (Fsp3) is 0.800. The highest BCUT2D eigenvalue weighted by Gasteiger charge is 2.24. The summed E-state index contributed by atoms with van der Waals surface area (Å²) >= 11 is 0. The molecule has 0 fully saturated rings. The molecule has 0 aromatic rings. The van der Waals surface area contributed by atoms with Gasteiger partial charge >= 0.3 is 11.9 Å². The molecule has 6 heteroatoms. The van der Waals surface area contributed by atoms with E-state index in [0.29, 0.717) is 19.4 Å². The van der Waals surface area contributed by atoms with Crippen LogP contribution in [-0.2, 0) is 14.3 Å². The zero-order valence-corrected chi connectivity index (χ0v) is 9.81. The predicted octanol–water partition coefficient (Wildman–Crippen LogP) is -0.894. The van der Waals surface area contributed by atoms with E-state index in [9.17, 15) is 9.59 Å². The van der Waals surface area contributed by atoms with Crippen molar-refractivity contribution in [1.82, 2.24) is 0 Å². The van der Waals surface area contributed by atoms with Gasteiger partial charge in [0.05, 0.1) is 0 Å². The number of hydrogen-bond acceptors (Lipinski definition) is 6. The molecule has 0 aromatic carbocycles. The molecule has 0 heterocycles. The van der Waals surface area contributed by atoms with E-state index < -0.39 is 24.0 Å². The van der Waals surface area contributed by atoms with E-state index in [0.717, 1.165) is 0 Å². The van der Waals surface area contributed by atoms with E-state index in [4.69, 9.17) is 17.2 Å². The Morgan fingerprint density at radius 1 is 1.19 bits per heavy atom. The molecule has 0 aliphatic rings. The maximum atomic E-state index is 11.3. The van der Waals surface area contributed by atoms with Crippen molar-refractivity contribution in [1.29, 1.82) is 0 Å². The number of nitrogens with two attached hydrogens (primary N) is 3. The van der Waals surface area contributed by atoms with Crippen LogP contribution in [0.3, 0.4) is 0 Å². The fourth-order valence-electron chi connectivity index (χ4n) is 0.971. The lowest BCUT2D eigenvalue weighted by molar-refractivity contribution is -0.162. The predicted molar refractivity (Wildman–Crippen MR) is 60.2 cm³/mol. The average Bonchev–Trinajstić information content (AvgIpc) is 2.24. The number of carbonyl (C=O) groups is 2. The van der Waals surface area contributed by atoms with Gasteiger partial charge in [0.2, 0.25) is 0 Å². The first kappa shape index (κ1) is 15.0. The summed E-state index contributed by atoms with van der Waals surface area (Å²) in [6.45, 7) is 3.98. The second kappa shape index (κ2) is 7.32. The molecule has 16 heavy (non-hydrogen) atoms. The maximum Gasteiger partial charge on any atom is 0.330 e. The number of carbonyl (C=O) groups excluding carboxylic acids is 2. The summed E-state index contributed by atoms with van der Waals surface area (Å²) in [7, 11) is 0. The van der Waals surface area contributed by atoms with E-state index in [1.54, 1.807) is 13.8 Å². The molecule has 94 valence electrons. The van der Waals surface area contributed by atoms with Gasteiger partial charge in [-0.15, -0.1) is 0 Å². The van der Waals surface area contributed by atoms with Crippen LogP contribution in [0.5, 0.6) is 0 Å². The summed E-state index contributed by atoms with van der Waals surface area (Å²) in [5, 5.41) is 0. The molecule has 0 aliphatic heterocycles. The van der Waals surface area contributed by atoms with Gasteiger partial charge in [-0.25, -0.2) is 9.59 Å². The zero-order valence-electron chi connectivity index (χ0n) is 9.81. The molecule has 0 aromatic heterocycles. The van der Waals surface area contributed by atoms with Crippen molar-refractivity contribution in [2.75, 3.05) is 6.54 Å². The standard InChI is InChI=1S/C10H21N3O3/c1-6(2)8(13)10(15)16-9(14)7(12)4-3-5-11/h6-8H,3-5,11-13H2,1-2H3/t7-,8+/m1/s1. The van der Waals surface area contributed by atoms with Crippen LogP contribution in [0.4, 0.5) is 0 Å². The van der Waals surface area contributed by atoms with Crippen molar-refractivity contribution in [2.45, 2.75) is 38.8 Å². The van der Waals surface area contributed by atoms with Crippen molar-refractivity contribution < 1.29 is 14.3 Å². The Morgan fingerprint density at radius 2 is 1.75 bits per heavy atom. The molecular weight excluding hydrogens is 210 g/mol. The largest absolute Gasteiger partial charge is 0.391 e. The highest BCUT2D eigenvalue weighted by Crippen LogP contribution is 2.03. The Labute approximate surface area is 95.5 Å². The minimum absolute atomic E-state index is 0.0828. The quantitative estimate of drug-likeness (QED) is 0.402. The second-order valence-electron chi connectivity index (χ2n) is 4.05. The van der Waals surface area contributed by atoms with Crippen LogP contribution in [0.15, 0.2) is 0 Å². The molecule has 0 unspecified atom stereocenters. The van der Waals surface area contributed by atoms with E-state index in [2.05, 4.69) is 4.74 Å². The SMILES string of the molecule is CC(C)[C@H](N)C(=O)OC(=O)[C@H](N)CCCN. The lowest BCUT2D eigenvalue weighted by Gasteiger charge is -2.15. The fourth-order valence-corrected chi connectivity index (χ4v) is 0.971. The van der Waals surface area contributed by atoms with Crippen LogP contribution in [0, 0.1) is 5.92 Å². The topological polar surface area (TPSA) is 121 Å². The van der Waals surface area contributed by atoms with Gasteiger partial charge in [0, 0.05) is 0 Å². The van der Waals surface area contributed by atoms with Crippen LogP contribution in [0.25, 0.3) is 0 Å². The van der Waals surface area contributed by atoms with Crippen LogP contribution in [0.2, 0.25) is 0 Å². The third-order valence-corrected chi connectivity index (χ3v) is 2.21. The molecule has 0 saturated heterocycles. The van der Waals surface area contributed by atoms with Crippen molar-refractivity contribution in [2.24, 2.45) is 23.1 Å². The summed E-state index contributed by atoms with van der Waals surface area (Å²) in [6.07, 6.45) is 1.01.